The van der Waals surface area contributed by atoms with Gasteiger partial charge < -0.3 is 9.30 Å². The molecule has 0 saturated carbocycles. The van der Waals surface area contributed by atoms with Crippen molar-refractivity contribution in [2.45, 2.75) is 20.4 Å². The first-order chi connectivity index (χ1) is 18.0. The average Bonchev–Trinajstić information content (AvgIpc) is 3.41. The number of methoxy groups -OCH3 is 1. The summed E-state index contributed by atoms with van der Waals surface area (Å²) in [6, 6.07) is 23.7. The molecule has 1 aliphatic heterocycles. The Morgan fingerprint density at radius 2 is 1.84 bits per heavy atom. The summed E-state index contributed by atoms with van der Waals surface area (Å²) in [5, 5.41) is 1.68. The van der Waals surface area contributed by atoms with Gasteiger partial charge in [0.1, 0.15) is 0 Å². The standard InChI is InChI=1S/C30H27N3O3S/c1-4-33-28(34)27(37-30(33)31-24-9-7-8-22(16-24)29(35)36-3)17-23-19-32(26-11-6-5-10-25(23)26)18-21-14-12-20(2)13-15-21/h5-17,19H,4,18H2,1-3H3. The second-order valence-electron chi connectivity index (χ2n) is 8.81. The molecule has 186 valence electrons. The van der Waals surface area contributed by atoms with Crippen molar-refractivity contribution in [3.8, 4) is 0 Å². The van der Waals surface area contributed by atoms with Crippen LogP contribution in [0.15, 0.2) is 88.9 Å². The Hall–Kier alpha value is -4.10. The first-order valence-corrected chi connectivity index (χ1v) is 12.9. The number of para-hydroxylation sites is 1. The van der Waals surface area contributed by atoms with Crippen LogP contribution in [0.1, 0.15) is 34.0 Å². The Morgan fingerprint density at radius 1 is 1.05 bits per heavy atom. The van der Waals surface area contributed by atoms with Crippen molar-refractivity contribution < 1.29 is 14.3 Å². The Kier molecular flexibility index (Phi) is 6.97. The molecule has 0 radical (unpaired) electrons. The van der Waals surface area contributed by atoms with E-state index in [1.165, 1.54) is 30.0 Å². The fraction of sp³-hybridized carbons (Fsp3) is 0.167. The van der Waals surface area contributed by atoms with Crippen LogP contribution in [0.3, 0.4) is 0 Å². The van der Waals surface area contributed by atoms with Crippen LogP contribution < -0.4 is 0 Å². The summed E-state index contributed by atoms with van der Waals surface area (Å²) in [6.07, 6.45) is 4.06. The number of nitrogens with zero attached hydrogens (tertiary/aromatic N) is 3. The monoisotopic (exact) mass is 509 g/mol. The number of carbonyl (C=O) groups is 2. The van der Waals surface area contributed by atoms with Crippen LogP contribution in [0.2, 0.25) is 0 Å². The summed E-state index contributed by atoms with van der Waals surface area (Å²) < 4.78 is 7.04. The zero-order chi connectivity index (χ0) is 25.9. The van der Waals surface area contributed by atoms with Crippen molar-refractivity contribution >= 4 is 51.5 Å². The van der Waals surface area contributed by atoms with Gasteiger partial charge in [0, 0.05) is 35.8 Å². The molecule has 2 heterocycles. The van der Waals surface area contributed by atoms with E-state index in [0.29, 0.717) is 27.9 Å². The predicted molar refractivity (Wildman–Crippen MR) is 150 cm³/mol. The molecule has 0 N–H and O–H groups in total. The number of thioether (sulfide) groups is 1. The minimum Gasteiger partial charge on any atom is -0.465 e. The number of fused-ring (bicyclic) bond motifs is 1. The molecule has 7 heteroatoms. The first-order valence-electron chi connectivity index (χ1n) is 12.1. The van der Waals surface area contributed by atoms with Gasteiger partial charge >= 0.3 is 5.97 Å². The largest absolute Gasteiger partial charge is 0.465 e. The molecule has 0 bridgehead atoms. The molecule has 6 nitrogen and oxygen atoms in total. The van der Waals surface area contributed by atoms with Gasteiger partial charge in [-0.05, 0) is 61.5 Å². The first kappa shape index (κ1) is 24.6. The molecule has 1 aliphatic rings. The number of rotatable bonds is 6. The van der Waals surface area contributed by atoms with Crippen molar-refractivity contribution in [2.24, 2.45) is 4.99 Å². The summed E-state index contributed by atoms with van der Waals surface area (Å²) in [7, 11) is 1.35. The number of ether oxygens (including phenoxy) is 1. The van der Waals surface area contributed by atoms with E-state index in [9.17, 15) is 9.59 Å². The molecule has 3 aromatic carbocycles. The van der Waals surface area contributed by atoms with Crippen molar-refractivity contribution in [3.63, 3.8) is 0 Å². The third-order valence-electron chi connectivity index (χ3n) is 6.28. The van der Waals surface area contributed by atoms with Crippen molar-refractivity contribution in [1.82, 2.24) is 9.47 Å². The lowest BCUT2D eigenvalue weighted by Crippen LogP contribution is -2.28. The third-order valence-corrected chi connectivity index (χ3v) is 7.28. The molecule has 0 spiro atoms. The molecule has 4 aromatic rings. The molecule has 1 aromatic heterocycles. The van der Waals surface area contributed by atoms with Crippen LogP contribution in [-0.2, 0) is 16.1 Å². The number of amides is 1. The zero-order valence-electron chi connectivity index (χ0n) is 21.0. The number of aromatic nitrogens is 1. The van der Waals surface area contributed by atoms with Crippen molar-refractivity contribution in [2.75, 3.05) is 13.7 Å². The van der Waals surface area contributed by atoms with Crippen LogP contribution in [0, 0.1) is 6.92 Å². The van der Waals surface area contributed by atoms with E-state index >= 15 is 0 Å². The normalized spacial score (nSPS) is 15.8. The highest BCUT2D eigenvalue weighted by Gasteiger charge is 2.32. The van der Waals surface area contributed by atoms with Gasteiger partial charge in [0.15, 0.2) is 5.17 Å². The van der Waals surface area contributed by atoms with Crippen molar-refractivity contribution in [1.29, 1.82) is 0 Å². The highest BCUT2D eigenvalue weighted by atomic mass is 32.2. The quantitative estimate of drug-likeness (QED) is 0.223. The Labute approximate surface area is 220 Å². The number of hydrogen-bond acceptors (Lipinski definition) is 5. The van der Waals surface area contributed by atoms with Crippen LogP contribution in [0.5, 0.6) is 0 Å². The van der Waals surface area contributed by atoms with Gasteiger partial charge in [-0.2, -0.15) is 0 Å². The number of esters is 1. The van der Waals surface area contributed by atoms with Crippen molar-refractivity contribution in [3.05, 3.63) is 106 Å². The second-order valence-corrected chi connectivity index (χ2v) is 9.82. The fourth-order valence-electron chi connectivity index (χ4n) is 4.35. The Balaban J connectivity index is 1.49. The van der Waals surface area contributed by atoms with E-state index in [1.54, 1.807) is 29.2 Å². The SMILES string of the molecule is CCN1C(=O)C(=Cc2cn(Cc3ccc(C)cc3)c3ccccc23)SC1=Nc1cccc(C(=O)OC)c1. The molecule has 0 atom stereocenters. The molecule has 0 aliphatic carbocycles. The van der Waals surface area contributed by atoms with Gasteiger partial charge in [-0.1, -0.05) is 54.1 Å². The van der Waals surface area contributed by atoms with Gasteiger partial charge in [-0.25, -0.2) is 9.79 Å². The van der Waals surface area contributed by atoms with Gasteiger partial charge in [0.2, 0.25) is 0 Å². The van der Waals surface area contributed by atoms with Gasteiger partial charge in [0.25, 0.3) is 5.91 Å². The molecular weight excluding hydrogens is 482 g/mol. The second kappa shape index (κ2) is 10.5. The molecular formula is C30H27N3O3S. The van der Waals surface area contributed by atoms with Gasteiger partial charge in [-0.3, -0.25) is 9.69 Å². The van der Waals surface area contributed by atoms with E-state index in [2.05, 4.69) is 54.1 Å². The maximum Gasteiger partial charge on any atom is 0.337 e. The number of likely N-dealkylation sites (N-methyl/N-ethyl adjacent to an activating group) is 1. The predicted octanol–water partition coefficient (Wildman–Crippen LogP) is 6.41. The van der Waals surface area contributed by atoms with E-state index in [-0.39, 0.29) is 5.91 Å². The number of aliphatic imine (C=N–C) groups is 1. The lowest BCUT2D eigenvalue weighted by Gasteiger charge is -2.12. The minimum absolute atomic E-state index is 0.0780. The molecule has 1 saturated heterocycles. The third kappa shape index (κ3) is 5.08. The maximum atomic E-state index is 13.3. The Bertz CT molecular complexity index is 1550. The summed E-state index contributed by atoms with van der Waals surface area (Å²) in [5.41, 5.74) is 5.57. The molecule has 37 heavy (non-hydrogen) atoms. The maximum absolute atomic E-state index is 13.3. The smallest absolute Gasteiger partial charge is 0.337 e. The highest BCUT2D eigenvalue weighted by Crippen LogP contribution is 2.35. The Morgan fingerprint density at radius 3 is 2.59 bits per heavy atom. The number of amidine groups is 1. The van der Waals surface area contributed by atoms with E-state index in [4.69, 9.17) is 9.73 Å². The number of hydrogen-bond donors (Lipinski definition) is 0. The fourth-order valence-corrected chi connectivity index (χ4v) is 5.41. The van der Waals surface area contributed by atoms with Gasteiger partial charge in [0.05, 0.1) is 23.3 Å². The van der Waals surface area contributed by atoms with Crippen LogP contribution in [-0.4, -0.2) is 40.2 Å². The minimum atomic E-state index is -0.424. The van der Waals surface area contributed by atoms with E-state index < -0.39 is 5.97 Å². The zero-order valence-corrected chi connectivity index (χ0v) is 21.8. The number of benzene rings is 3. The summed E-state index contributed by atoms with van der Waals surface area (Å²) in [6.45, 7) is 5.25. The lowest BCUT2D eigenvalue weighted by atomic mass is 10.1. The molecule has 5 rings (SSSR count). The van der Waals surface area contributed by atoms with E-state index in [0.717, 1.165) is 23.0 Å². The molecule has 0 unspecified atom stereocenters. The summed E-state index contributed by atoms with van der Waals surface area (Å²) in [5.74, 6) is -0.502. The summed E-state index contributed by atoms with van der Waals surface area (Å²) in [4.78, 5) is 32.2. The number of aryl methyl sites for hydroxylation is 1. The van der Waals surface area contributed by atoms with Crippen LogP contribution in [0.4, 0.5) is 5.69 Å². The van der Waals surface area contributed by atoms with Gasteiger partial charge in [-0.15, -0.1) is 0 Å². The van der Waals surface area contributed by atoms with E-state index in [1.807, 2.05) is 25.1 Å². The van der Waals surface area contributed by atoms with Crippen LogP contribution in [0.25, 0.3) is 17.0 Å². The molecule has 1 fully saturated rings. The molecule has 1 amide bonds. The highest BCUT2D eigenvalue weighted by molar-refractivity contribution is 8.18. The average molecular weight is 510 g/mol. The topological polar surface area (TPSA) is 63.9 Å². The van der Waals surface area contributed by atoms with Crippen LogP contribution >= 0.6 is 11.8 Å². The summed E-state index contributed by atoms with van der Waals surface area (Å²) >= 11 is 1.35. The lowest BCUT2D eigenvalue weighted by molar-refractivity contribution is -0.122. The number of carbonyl (C=O) groups excluding carboxylic acids is 2.